The number of hydrogen-bond donors (Lipinski definition) is 2. The lowest BCUT2D eigenvalue weighted by atomic mass is 10.1. The van der Waals surface area contributed by atoms with Crippen molar-refractivity contribution in [1.29, 1.82) is 0 Å². The second kappa shape index (κ2) is 5.60. The number of aliphatic hydroxyl groups excluding tert-OH is 1. The van der Waals surface area contributed by atoms with Crippen LogP contribution in [0.25, 0.3) is 0 Å². The monoisotopic (exact) mass is 194 g/mol. The van der Waals surface area contributed by atoms with Crippen LogP contribution in [0.5, 0.6) is 0 Å². The second-order valence-electron chi connectivity index (χ2n) is 3.40. The lowest BCUT2D eigenvalue weighted by Gasteiger charge is -2.07. The van der Waals surface area contributed by atoms with Gasteiger partial charge >= 0.3 is 0 Å². The molecule has 0 bridgehead atoms. The van der Waals surface area contributed by atoms with Crippen LogP contribution in [0.1, 0.15) is 24.5 Å². The number of aromatic nitrogens is 1. The van der Waals surface area contributed by atoms with Gasteiger partial charge in [-0.25, -0.2) is 4.98 Å². The van der Waals surface area contributed by atoms with Crippen molar-refractivity contribution in [2.24, 2.45) is 0 Å². The van der Waals surface area contributed by atoms with E-state index >= 15 is 0 Å². The van der Waals surface area contributed by atoms with Crippen LogP contribution in [-0.4, -0.2) is 23.2 Å². The number of hydrogen-bond acceptors (Lipinski definition) is 3. The van der Waals surface area contributed by atoms with E-state index in [0.717, 1.165) is 24.3 Å². The zero-order valence-corrected chi connectivity index (χ0v) is 8.88. The summed E-state index contributed by atoms with van der Waals surface area (Å²) >= 11 is 0. The van der Waals surface area contributed by atoms with Crippen molar-refractivity contribution >= 4 is 5.82 Å². The first-order valence-electron chi connectivity index (χ1n) is 5.08. The molecular formula is C11H18N2O. The normalized spacial score (nSPS) is 10.2. The summed E-state index contributed by atoms with van der Waals surface area (Å²) in [6, 6.07) is 2.03. The molecule has 3 nitrogen and oxygen atoms in total. The minimum Gasteiger partial charge on any atom is -0.396 e. The molecule has 0 radical (unpaired) electrons. The fourth-order valence-electron chi connectivity index (χ4n) is 1.32. The maximum Gasteiger partial charge on any atom is 0.126 e. The summed E-state index contributed by atoms with van der Waals surface area (Å²) in [6.45, 7) is 5.31. The van der Waals surface area contributed by atoms with E-state index in [-0.39, 0.29) is 6.61 Å². The summed E-state index contributed by atoms with van der Waals surface area (Å²) in [5, 5.41) is 12.0. The van der Waals surface area contributed by atoms with Crippen molar-refractivity contribution in [3.05, 3.63) is 23.4 Å². The molecule has 1 rings (SSSR count). The molecule has 1 heterocycles. The van der Waals surface area contributed by atoms with Gasteiger partial charge in [-0.15, -0.1) is 0 Å². The fraction of sp³-hybridized carbons (Fsp3) is 0.545. The largest absolute Gasteiger partial charge is 0.396 e. The van der Waals surface area contributed by atoms with Gasteiger partial charge in [0.25, 0.3) is 0 Å². The summed E-state index contributed by atoms with van der Waals surface area (Å²) in [4.78, 5) is 4.27. The van der Waals surface area contributed by atoms with Crippen molar-refractivity contribution < 1.29 is 5.11 Å². The van der Waals surface area contributed by atoms with Crippen LogP contribution in [0.2, 0.25) is 0 Å². The second-order valence-corrected chi connectivity index (χ2v) is 3.40. The Labute approximate surface area is 85.2 Å². The number of nitrogens with one attached hydrogen (secondary N) is 1. The van der Waals surface area contributed by atoms with Crippen molar-refractivity contribution in [1.82, 2.24) is 4.98 Å². The SMILES string of the molecule is CCCNc1cc(C)c(CCO)cn1. The Balaban J connectivity index is 2.68. The molecule has 0 saturated carbocycles. The van der Waals surface area contributed by atoms with Crippen molar-refractivity contribution in [3.63, 3.8) is 0 Å². The van der Waals surface area contributed by atoms with Crippen molar-refractivity contribution in [2.45, 2.75) is 26.7 Å². The Morgan fingerprint density at radius 2 is 2.29 bits per heavy atom. The first-order chi connectivity index (χ1) is 6.77. The Kier molecular flexibility index (Phi) is 4.40. The van der Waals surface area contributed by atoms with Gasteiger partial charge in [-0.1, -0.05) is 6.92 Å². The molecule has 1 aromatic rings. The van der Waals surface area contributed by atoms with E-state index in [9.17, 15) is 0 Å². The number of aliphatic hydroxyl groups is 1. The number of rotatable bonds is 5. The topological polar surface area (TPSA) is 45.1 Å². The molecule has 3 heteroatoms. The summed E-state index contributed by atoms with van der Waals surface area (Å²) in [5.41, 5.74) is 2.31. The Morgan fingerprint density at radius 3 is 2.86 bits per heavy atom. The highest BCUT2D eigenvalue weighted by Gasteiger charge is 2.00. The first kappa shape index (κ1) is 11.0. The minimum absolute atomic E-state index is 0.185. The average molecular weight is 194 g/mol. The number of pyridine rings is 1. The highest BCUT2D eigenvalue weighted by atomic mass is 16.2. The van der Waals surface area contributed by atoms with E-state index in [4.69, 9.17) is 5.11 Å². The van der Waals surface area contributed by atoms with Gasteiger partial charge in [0.15, 0.2) is 0 Å². The molecule has 2 N–H and O–H groups in total. The zero-order chi connectivity index (χ0) is 10.4. The third kappa shape index (κ3) is 3.00. The first-order valence-corrected chi connectivity index (χ1v) is 5.08. The standard InChI is InChI=1S/C11H18N2O/c1-3-5-12-11-7-9(2)10(4-6-14)8-13-11/h7-8,14H,3-6H2,1-2H3,(H,12,13). The van der Waals surface area contributed by atoms with Crippen molar-refractivity contribution in [2.75, 3.05) is 18.5 Å². The summed E-state index contributed by atoms with van der Waals surface area (Å²) < 4.78 is 0. The summed E-state index contributed by atoms with van der Waals surface area (Å²) in [6.07, 6.45) is 3.62. The third-order valence-corrected chi connectivity index (χ3v) is 2.16. The van der Waals surface area contributed by atoms with Crippen LogP contribution in [0, 0.1) is 6.92 Å². The molecule has 0 aliphatic rings. The predicted octanol–water partition coefficient (Wildman–Crippen LogP) is 1.75. The maximum atomic E-state index is 8.81. The van der Waals surface area contributed by atoms with Crippen LogP contribution < -0.4 is 5.32 Å². The van der Waals surface area contributed by atoms with E-state index in [0.29, 0.717) is 6.42 Å². The molecule has 0 spiro atoms. The highest BCUT2D eigenvalue weighted by molar-refractivity contribution is 5.40. The minimum atomic E-state index is 0.185. The Morgan fingerprint density at radius 1 is 1.50 bits per heavy atom. The molecule has 0 atom stereocenters. The van der Waals surface area contributed by atoms with Crippen LogP contribution in [0.3, 0.4) is 0 Å². The van der Waals surface area contributed by atoms with Crippen LogP contribution in [-0.2, 0) is 6.42 Å². The molecule has 0 amide bonds. The van der Waals surface area contributed by atoms with Gasteiger partial charge in [-0.3, -0.25) is 0 Å². The summed E-state index contributed by atoms with van der Waals surface area (Å²) in [7, 11) is 0. The van der Waals surface area contributed by atoms with E-state index in [1.807, 2.05) is 19.2 Å². The van der Waals surface area contributed by atoms with Crippen LogP contribution >= 0.6 is 0 Å². The quantitative estimate of drug-likeness (QED) is 0.750. The molecule has 0 fully saturated rings. The Bertz CT molecular complexity index is 287. The van der Waals surface area contributed by atoms with Gasteiger partial charge in [0.05, 0.1) is 0 Å². The lowest BCUT2D eigenvalue weighted by Crippen LogP contribution is -2.03. The van der Waals surface area contributed by atoms with E-state index in [1.54, 1.807) is 0 Å². The third-order valence-electron chi connectivity index (χ3n) is 2.16. The molecule has 0 aromatic carbocycles. The van der Waals surface area contributed by atoms with Gasteiger partial charge in [-0.2, -0.15) is 0 Å². The van der Waals surface area contributed by atoms with Gasteiger partial charge in [-0.05, 0) is 37.0 Å². The molecule has 0 saturated heterocycles. The van der Waals surface area contributed by atoms with Crippen LogP contribution in [0.4, 0.5) is 5.82 Å². The molecule has 0 aliphatic carbocycles. The van der Waals surface area contributed by atoms with Gasteiger partial charge < -0.3 is 10.4 Å². The number of nitrogens with zero attached hydrogens (tertiary/aromatic N) is 1. The van der Waals surface area contributed by atoms with E-state index in [2.05, 4.69) is 17.2 Å². The molecule has 14 heavy (non-hydrogen) atoms. The number of aryl methyl sites for hydroxylation is 1. The van der Waals surface area contributed by atoms with E-state index in [1.165, 1.54) is 5.56 Å². The fourth-order valence-corrected chi connectivity index (χ4v) is 1.32. The predicted molar refractivity (Wildman–Crippen MR) is 58.5 cm³/mol. The summed E-state index contributed by atoms with van der Waals surface area (Å²) in [5.74, 6) is 0.922. The van der Waals surface area contributed by atoms with E-state index < -0.39 is 0 Å². The van der Waals surface area contributed by atoms with Gasteiger partial charge in [0.1, 0.15) is 5.82 Å². The molecule has 78 valence electrons. The van der Waals surface area contributed by atoms with Crippen molar-refractivity contribution in [3.8, 4) is 0 Å². The lowest BCUT2D eigenvalue weighted by molar-refractivity contribution is 0.299. The highest BCUT2D eigenvalue weighted by Crippen LogP contribution is 2.12. The average Bonchev–Trinajstić information content (AvgIpc) is 2.19. The molecule has 1 aromatic heterocycles. The van der Waals surface area contributed by atoms with Gasteiger partial charge in [0.2, 0.25) is 0 Å². The Hall–Kier alpha value is -1.09. The zero-order valence-electron chi connectivity index (χ0n) is 8.88. The van der Waals surface area contributed by atoms with Crippen LogP contribution in [0.15, 0.2) is 12.3 Å². The van der Waals surface area contributed by atoms with Gasteiger partial charge in [0, 0.05) is 19.3 Å². The molecule has 0 aliphatic heterocycles. The smallest absolute Gasteiger partial charge is 0.126 e. The molecular weight excluding hydrogens is 176 g/mol. The maximum absolute atomic E-state index is 8.81. The molecule has 0 unspecified atom stereocenters. The number of anilines is 1.